The van der Waals surface area contributed by atoms with Crippen LogP contribution in [-0.2, 0) is 0 Å². The maximum Gasteiger partial charge on any atom is 0.573 e. The molecule has 1 atom stereocenters. The number of halogens is 6. The Morgan fingerprint density at radius 1 is 1.16 bits per heavy atom. The van der Waals surface area contributed by atoms with Crippen molar-refractivity contribution in [2.24, 2.45) is 5.92 Å². The van der Waals surface area contributed by atoms with Crippen LogP contribution in [0.2, 0.25) is 0 Å². The molecule has 1 aliphatic heterocycles. The average Bonchev–Trinajstić information content (AvgIpc) is 3.31. The summed E-state index contributed by atoms with van der Waals surface area (Å²) in [6, 6.07) is 3.11. The first-order valence-corrected chi connectivity index (χ1v) is 7.92. The Bertz CT molecular complexity index is 549. The first kappa shape index (κ1) is 22.3. The van der Waals surface area contributed by atoms with E-state index in [4.69, 9.17) is 0 Å². The molecule has 1 saturated carbocycles. The molecule has 1 aromatic rings. The fourth-order valence-electron chi connectivity index (χ4n) is 3.11. The van der Waals surface area contributed by atoms with Crippen molar-refractivity contribution >= 4 is 24.8 Å². The van der Waals surface area contributed by atoms with E-state index in [1.54, 1.807) is 0 Å². The summed E-state index contributed by atoms with van der Waals surface area (Å²) in [7, 11) is 0. The highest BCUT2D eigenvalue weighted by Gasteiger charge is 2.34. The highest BCUT2D eigenvalue weighted by atomic mass is 35.5. The third-order valence-corrected chi connectivity index (χ3v) is 4.41. The molecule has 3 rings (SSSR count). The molecule has 9 heteroatoms. The van der Waals surface area contributed by atoms with Crippen molar-refractivity contribution in [3.8, 4) is 5.75 Å². The van der Waals surface area contributed by atoms with Gasteiger partial charge in [-0.05, 0) is 30.5 Å². The fraction of sp³-hybridized carbons (Fsp3) is 0.625. The molecule has 144 valence electrons. The van der Waals surface area contributed by atoms with Crippen molar-refractivity contribution < 1.29 is 22.3 Å². The highest BCUT2D eigenvalue weighted by molar-refractivity contribution is 5.85. The lowest BCUT2D eigenvalue weighted by Crippen LogP contribution is -2.45. The van der Waals surface area contributed by atoms with Gasteiger partial charge in [0.05, 0.1) is 0 Å². The number of ether oxygens (including phenoxy) is 1. The van der Waals surface area contributed by atoms with Gasteiger partial charge < -0.3 is 10.1 Å². The number of hydrogen-bond acceptors (Lipinski definition) is 3. The standard InChI is InChI=1S/C16H20F4N2O.2ClH/c17-14-4-3-12(23-16(18,19)20)10-13(14)15(9-11-1-2-11)22-7-5-21-6-8-22;;/h3-4,10-11,15,21H,1-2,5-9H2;2*1H/t15-;;/m1../s1. The van der Waals surface area contributed by atoms with Gasteiger partial charge >= 0.3 is 6.36 Å². The van der Waals surface area contributed by atoms with Crippen LogP contribution in [-0.4, -0.2) is 37.4 Å². The van der Waals surface area contributed by atoms with Crippen molar-refractivity contribution in [2.45, 2.75) is 31.7 Å². The zero-order valence-electron chi connectivity index (χ0n) is 13.5. The Morgan fingerprint density at radius 3 is 2.36 bits per heavy atom. The summed E-state index contributed by atoms with van der Waals surface area (Å²) in [5, 5.41) is 3.24. The molecule has 1 aliphatic carbocycles. The average molecular weight is 405 g/mol. The lowest BCUT2D eigenvalue weighted by atomic mass is 9.98. The van der Waals surface area contributed by atoms with E-state index >= 15 is 0 Å². The zero-order chi connectivity index (χ0) is 16.4. The molecule has 2 aliphatic rings. The third kappa shape index (κ3) is 6.47. The van der Waals surface area contributed by atoms with Crippen molar-refractivity contribution in [2.75, 3.05) is 26.2 Å². The van der Waals surface area contributed by atoms with Crippen molar-refractivity contribution in [3.05, 3.63) is 29.6 Å². The molecule has 1 saturated heterocycles. The van der Waals surface area contributed by atoms with E-state index in [1.807, 2.05) is 0 Å². The Labute approximate surface area is 156 Å². The molecule has 25 heavy (non-hydrogen) atoms. The van der Waals surface area contributed by atoms with E-state index in [0.717, 1.165) is 57.6 Å². The summed E-state index contributed by atoms with van der Waals surface area (Å²) < 4.78 is 55.5. The van der Waals surface area contributed by atoms with Gasteiger partial charge in [0, 0.05) is 37.8 Å². The van der Waals surface area contributed by atoms with Gasteiger partial charge in [0.25, 0.3) is 0 Å². The fourth-order valence-corrected chi connectivity index (χ4v) is 3.11. The number of alkyl halides is 3. The smallest absolute Gasteiger partial charge is 0.406 e. The lowest BCUT2D eigenvalue weighted by Gasteiger charge is -2.35. The van der Waals surface area contributed by atoms with Crippen LogP contribution < -0.4 is 10.1 Å². The van der Waals surface area contributed by atoms with Crippen LogP contribution in [0, 0.1) is 11.7 Å². The molecular formula is C16H22Cl2F4N2O. The van der Waals surface area contributed by atoms with Gasteiger partial charge in [-0.2, -0.15) is 0 Å². The predicted molar refractivity (Wildman–Crippen MR) is 92.1 cm³/mol. The lowest BCUT2D eigenvalue weighted by molar-refractivity contribution is -0.274. The molecule has 2 fully saturated rings. The molecule has 0 bridgehead atoms. The molecule has 0 radical (unpaired) electrons. The number of rotatable bonds is 5. The van der Waals surface area contributed by atoms with Gasteiger partial charge in [0.15, 0.2) is 0 Å². The van der Waals surface area contributed by atoms with Gasteiger partial charge in [-0.25, -0.2) is 4.39 Å². The van der Waals surface area contributed by atoms with Crippen molar-refractivity contribution in [1.82, 2.24) is 10.2 Å². The first-order chi connectivity index (χ1) is 10.9. The molecular weight excluding hydrogens is 383 g/mol. The van der Waals surface area contributed by atoms with Crippen LogP contribution in [0.15, 0.2) is 18.2 Å². The van der Waals surface area contributed by atoms with E-state index in [1.165, 1.54) is 6.07 Å². The van der Waals surface area contributed by atoms with Crippen LogP contribution in [0.4, 0.5) is 17.6 Å². The van der Waals surface area contributed by atoms with Crippen LogP contribution in [0.25, 0.3) is 0 Å². The number of nitrogens with one attached hydrogen (secondary N) is 1. The van der Waals surface area contributed by atoms with Gasteiger partial charge in [0.1, 0.15) is 11.6 Å². The van der Waals surface area contributed by atoms with Crippen molar-refractivity contribution in [3.63, 3.8) is 0 Å². The zero-order valence-corrected chi connectivity index (χ0v) is 15.2. The molecule has 0 spiro atoms. The molecule has 3 nitrogen and oxygen atoms in total. The second-order valence-electron chi connectivity index (χ2n) is 6.21. The van der Waals surface area contributed by atoms with Crippen LogP contribution in [0.3, 0.4) is 0 Å². The van der Waals surface area contributed by atoms with Crippen LogP contribution in [0.5, 0.6) is 5.75 Å². The van der Waals surface area contributed by atoms with E-state index < -0.39 is 12.2 Å². The molecule has 0 amide bonds. The minimum atomic E-state index is -4.77. The second-order valence-corrected chi connectivity index (χ2v) is 6.21. The maximum absolute atomic E-state index is 14.3. The van der Waals surface area contributed by atoms with Crippen molar-refractivity contribution in [1.29, 1.82) is 0 Å². The summed E-state index contributed by atoms with van der Waals surface area (Å²) in [6.45, 7) is 3.14. The summed E-state index contributed by atoms with van der Waals surface area (Å²) in [4.78, 5) is 2.16. The third-order valence-electron chi connectivity index (χ3n) is 4.41. The quantitative estimate of drug-likeness (QED) is 0.739. The van der Waals surface area contributed by atoms with E-state index in [0.29, 0.717) is 11.5 Å². The monoisotopic (exact) mass is 404 g/mol. The van der Waals surface area contributed by atoms with Crippen LogP contribution in [0.1, 0.15) is 30.9 Å². The van der Waals surface area contributed by atoms with Gasteiger partial charge in [-0.3, -0.25) is 4.90 Å². The molecule has 1 aromatic carbocycles. The molecule has 0 unspecified atom stereocenters. The minimum Gasteiger partial charge on any atom is -0.406 e. The van der Waals surface area contributed by atoms with E-state index in [9.17, 15) is 17.6 Å². The van der Waals surface area contributed by atoms with E-state index in [2.05, 4.69) is 15.0 Å². The summed E-state index contributed by atoms with van der Waals surface area (Å²) in [6.07, 6.45) is -1.76. The largest absolute Gasteiger partial charge is 0.573 e. The normalized spacial score (nSPS) is 19.5. The molecule has 1 heterocycles. The highest BCUT2D eigenvalue weighted by Crippen LogP contribution is 2.41. The number of hydrogen-bond donors (Lipinski definition) is 1. The summed E-state index contributed by atoms with van der Waals surface area (Å²) in [5.74, 6) is -0.282. The summed E-state index contributed by atoms with van der Waals surface area (Å²) >= 11 is 0. The summed E-state index contributed by atoms with van der Waals surface area (Å²) in [5.41, 5.74) is 0.306. The number of nitrogens with zero attached hydrogens (tertiary/aromatic N) is 1. The topological polar surface area (TPSA) is 24.5 Å². The van der Waals surface area contributed by atoms with Gasteiger partial charge in [0.2, 0.25) is 0 Å². The van der Waals surface area contributed by atoms with Gasteiger partial charge in [-0.1, -0.05) is 12.8 Å². The minimum absolute atomic E-state index is 0. The number of benzene rings is 1. The Hall–Kier alpha value is -0.760. The number of piperazine rings is 1. The Kier molecular flexibility index (Phi) is 8.25. The van der Waals surface area contributed by atoms with Gasteiger partial charge in [-0.15, -0.1) is 38.0 Å². The second kappa shape index (κ2) is 9.26. The van der Waals surface area contributed by atoms with E-state index in [-0.39, 0.29) is 36.6 Å². The molecule has 1 N–H and O–H groups in total. The maximum atomic E-state index is 14.3. The Balaban J connectivity index is 0.00000156. The molecule has 0 aromatic heterocycles. The SMILES string of the molecule is Cl.Cl.Fc1ccc(OC(F)(F)F)cc1[C@@H](CC1CC1)N1CCNCC1. The first-order valence-electron chi connectivity index (χ1n) is 7.92. The Morgan fingerprint density at radius 2 is 1.80 bits per heavy atom. The van der Waals surface area contributed by atoms with Crippen LogP contribution >= 0.6 is 24.8 Å². The predicted octanol–water partition coefficient (Wildman–Crippen LogP) is 4.31.